The molecule has 0 atom stereocenters. The lowest BCUT2D eigenvalue weighted by atomic mass is 10.2. The van der Waals surface area contributed by atoms with Gasteiger partial charge in [-0.1, -0.05) is 0 Å². The van der Waals surface area contributed by atoms with Crippen LogP contribution in [-0.4, -0.2) is 25.5 Å². The van der Waals surface area contributed by atoms with Crippen LogP contribution in [0.2, 0.25) is 0 Å². The molecule has 2 aromatic rings. The molecule has 6 nitrogen and oxygen atoms in total. The molecule has 0 saturated carbocycles. The van der Waals surface area contributed by atoms with Crippen LogP contribution in [0.1, 0.15) is 10.4 Å². The first-order valence-electron chi connectivity index (χ1n) is 4.33. The number of anilines is 1. The van der Waals surface area contributed by atoms with Crippen molar-refractivity contribution in [1.29, 1.82) is 0 Å². The first-order valence-corrected chi connectivity index (χ1v) is 4.33. The van der Waals surface area contributed by atoms with Gasteiger partial charge in [0, 0.05) is 6.20 Å². The Balaban J connectivity index is 2.19. The van der Waals surface area contributed by atoms with Gasteiger partial charge in [0.15, 0.2) is 5.78 Å². The first kappa shape index (κ1) is 9.32. The van der Waals surface area contributed by atoms with Crippen LogP contribution < -0.4 is 5.73 Å². The van der Waals surface area contributed by atoms with Gasteiger partial charge in [-0.3, -0.25) is 4.79 Å². The summed E-state index contributed by atoms with van der Waals surface area (Å²) in [5.41, 5.74) is 5.98. The molecule has 0 radical (unpaired) electrons. The number of nitrogen functional groups attached to an aromatic ring is 1. The van der Waals surface area contributed by atoms with Gasteiger partial charge in [-0.25, -0.2) is 14.6 Å². The number of nitrogens with zero attached hydrogens (tertiary/aromatic N) is 4. The van der Waals surface area contributed by atoms with Gasteiger partial charge >= 0.3 is 0 Å². The summed E-state index contributed by atoms with van der Waals surface area (Å²) in [4.78, 5) is 19.3. The zero-order valence-electron chi connectivity index (χ0n) is 7.87. The predicted octanol–water partition coefficient (Wildman–Crippen LogP) is 0.138. The number of rotatable bonds is 3. The highest BCUT2D eigenvalue weighted by Gasteiger charge is 2.10. The maximum absolute atomic E-state index is 11.7. The summed E-state index contributed by atoms with van der Waals surface area (Å²) in [5.74, 6) is 0.105. The molecule has 0 bridgehead atoms. The van der Waals surface area contributed by atoms with Crippen LogP contribution >= 0.6 is 0 Å². The smallest absolute Gasteiger partial charge is 0.188 e. The molecule has 76 valence electrons. The summed E-state index contributed by atoms with van der Waals surface area (Å²) >= 11 is 0. The highest BCUT2D eigenvalue weighted by atomic mass is 16.1. The summed E-state index contributed by atoms with van der Waals surface area (Å²) in [6, 6.07) is 3.31. The van der Waals surface area contributed by atoms with Crippen molar-refractivity contribution >= 4 is 11.6 Å². The van der Waals surface area contributed by atoms with E-state index in [1.807, 2.05) is 0 Å². The van der Waals surface area contributed by atoms with Crippen LogP contribution in [0.25, 0.3) is 0 Å². The summed E-state index contributed by atoms with van der Waals surface area (Å²) in [6.45, 7) is 0.121. The van der Waals surface area contributed by atoms with E-state index in [9.17, 15) is 4.79 Å². The van der Waals surface area contributed by atoms with Crippen molar-refractivity contribution in [3.8, 4) is 0 Å². The fourth-order valence-corrected chi connectivity index (χ4v) is 1.20. The number of carbonyl (C=O) groups excluding carboxylic acids is 1. The summed E-state index contributed by atoms with van der Waals surface area (Å²) in [7, 11) is 0. The van der Waals surface area contributed by atoms with E-state index in [2.05, 4.69) is 15.1 Å². The molecular weight excluding hydrogens is 194 g/mol. The molecule has 2 rings (SSSR count). The average Bonchev–Trinajstić information content (AvgIpc) is 2.71. The van der Waals surface area contributed by atoms with Crippen molar-refractivity contribution in [2.24, 2.45) is 0 Å². The molecule has 0 aromatic carbocycles. The Hall–Kier alpha value is -2.24. The van der Waals surface area contributed by atoms with Crippen LogP contribution in [-0.2, 0) is 6.54 Å². The van der Waals surface area contributed by atoms with Crippen LogP contribution in [0.3, 0.4) is 0 Å². The second-order valence-electron chi connectivity index (χ2n) is 2.95. The molecule has 0 amide bonds. The van der Waals surface area contributed by atoms with Gasteiger partial charge in [0.25, 0.3) is 0 Å². The minimum Gasteiger partial charge on any atom is -0.383 e. The van der Waals surface area contributed by atoms with Crippen LogP contribution in [0.15, 0.2) is 31.0 Å². The topological polar surface area (TPSA) is 86.7 Å². The minimum absolute atomic E-state index is 0.121. The number of ketones is 1. The first-order chi connectivity index (χ1) is 7.27. The van der Waals surface area contributed by atoms with E-state index >= 15 is 0 Å². The fraction of sp³-hybridized carbons (Fsp3) is 0.111. The second kappa shape index (κ2) is 3.87. The molecule has 2 aromatic heterocycles. The van der Waals surface area contributed by atoms with E-state index in [4.69, 9.17) is 5.73 Å². The van der Waals surface area contributed by atoms with Crippen LogP contribution in [0, 0.1) is 0 Å². The van der Waals surface area contributed by atoms with E-state index < -0.39 is 0 Å². The van der Waals surface area contributed by atoms with Gasteiger partial charge in [0.1, 0.15) is 25.0 Å². The Morgan fingerprint density at radius 1 is 1.53 bits per heavy atom. The molecule has 0 fully saturated rings. The lowest BCUT2D eigenvalue weighted by Gasteiger charge is -2.02. The summed E-state index contributed by atoms with van der Waals surface area (Å²) in [6.07, 6.45) is 4.39. The lowest BCUT2D eigenvalue weighted by Crippen LogP contribution is -2.13. The van der Waals surface area contributed by atoms with Gasteiger partial charge < -0.3 is 5.73 Å². The molecular formula is C9H9N5O. The van der Waals surface area contributed by atoms with Crippen LogP contribution in [0.4, 0.5) is 5.82 Å². The molecule has 6 heteroatoms. The third kappa shape index (κ3) is 1.98. The van der Waals surface area contributed by atoms with Crippen molar-refractivity contribution < 1.29 is 4.79 Å². The van der Waals surface area contributed by atoms with Crippen molar-refractivity contribution in [2.45, 2.75) is 6.54 Å². The van der Waals surface area contributed by atoms with Gasteiger partial charge in [-0.05, 0) is 12.1 Å². The number of carbonyl (C=O) groups is 1. The molecule has 0 aliphatic heterocycles. The largest absolute Gasteiger partial charge is 0.383 e. The van der Waals surface area contributed by atoms with Crippen molar-refractivity contribution in [3.05, 3.63) is 36.5 Å². The van der Waals surface area contributed by atoms with Crippen LogP contribution in [0.5, 0.6) is 0 Å². The van der Waals surface area contributed by atoms with E-state index in [0.29, 0.717) is 5.56 Å². The van der Waals surface area contributed by atoms with E-state index in [-0.39, 0.29) is 18.1 Å². The molecule has 0 unspecified atom stereocenters. The van der Waals surface area contributed by atoms with Crippen molar-refractivity contribution in [2.75, 3.05) is 5.73 Å². The SMILES string of the molecule is Nc1ncccc1C(=O)Cn1cncn1. The van der Waals surface area contributed by atoms with E-state index in [0.717, 1.165) is 0 Å². The van der Waals surface area contributed by atoms with Gasteiger partial charge in [0.2, 0.25) is 0 Å². The molecule has 2 N–H and O–H groups in total. The number of hydrogen-bond acceptors (Lipinski definition) is 5. The lowest BCUT2D eigenvalue weighted by molar-refractivity contribution is 0.0968. The highest BCUT2D eigenvalue weighted by molar-refractivity contribution is 5.99. The third-order valence-corrected chi connectivity index (χ3v) is 1.91. The Morgan fingerprint density at radius 2 is 2.40 bits per heavy atom. The maximum Gasteiger partial charge on any atom is 0.188 e. The second-order valence-corrected chi connectivity index (χ2v) is 2.95. The summed E-state index contributed by atoms with van der Waals surface area (Å²) < 4.78 is 1.44. The monoisotopic (exact) mass is 203 g/mol. The minimum atomic E-state index is -0.133. The van der Waals surface area contributed by atoms with Crippen molar-refractivity contribution in [1.82, 2.24) is 19.7 Å². The quantitative estimate of drug-likeness (QED) is 0.717. The predicted molar refractivity (Wildman–Crippen MR) is 53.0 cm³/mol. The zero-order valence-corrected chi connectivity index (χ0v) is 7.87. The third-order valence-electron chi connectivity index (χ3n) is 1.91. The molecule has 15 heavy (non-hydrogen) atoms. The highest BCUT2D eigenvalue weighted by Crippen LogP contribution is 2.08. The Labute approximate surface area is 85.8 Å². The Bertz CT molecular complexity index is 465. The summed E-state index contributed by atoms with van der Waals surface area (Å²) in [5, 5.41) is 3.83. The van der Waals surface area contributed by atoms with E-state index in [1.165, 1.54) is 17.3 Å². The maximum atomic E-state index is 11.7. The number of nitrogens with two attached hydrogens (primary N) is 1. The zero-order chi connectivity index (χ0) is 10.7. The number of Topliss-reactive ketones (excluding diaryl/α,β-unsaturated/α-hetero) is 1. The van der Waals surface area contributed by atoms with Gasteiger partial charge in [0.05, 0.1) is 5.56 Å². The molecule has 2 heterocycles. The fourth-order valence-electron chi connectivity index (χ4n) is 1.20. The van der Waals surface area contributed by atoms with E-state index in [1.54, 1.807) is 18.3 Å². The Kier molecular flexibility index (Phi) is 2.40. The number of pyridine rings is 1. The average molecular weight is 203 g/mol. The van der Waals surface area contributed by atoms with Gasteiger partial charge in [-0.2, -0.15) is 5.10 Å². The van der Waals surface area contributed by atoms with Gasteiger partial charge in [-0.15, -0.1) is 0 Å². The van der Waals surface area contributed by atoms with Crippen molar-refractivity contribution in [3.63, 3.8) is 0 Å². The molecule has 0 aliphatic carbocycles. The number of hydrogen-bond donors (Lipinski definition) is 1. The normalized spacial score (nSPS) is 10.1. The number of aromatic nitrogens is 4. The Morgan fingerprint density at radius 3 is 3.07 bits per heavy atom. The molecule has 0 spiro atoms. The molecule has 0 aliphatic rings. The molecule has 0 saturated heterocycles. The standard InChI is InChI=1S/C9H9N5O/c10-9-7(2-1-3-12-9)8(15)4-14-6-11-5-13-14/h1-3,5-6H,4H2,(H2,10,12).